The van der Waals surface area contributed by atoms with Crippen LogP contribution in [-0.2, 0) is 13.5 Å². The Morgan fingerprint density at radius 2 is 2.10 bits per heavy atom. The molecule has 3 aliphatic rings. The van der Waals surface area contributed by atoms with Crippen LogP contribution in [0.15, 0.2) is 34.6 Å². The first-order valence-corrected chi connectivity index (χ1v) is 10.9. The van der Waals surface area contributed by atoms with Gasteiger partial charge < -0.3 is 5.11 Å². The van der Waals surface area contributed by atoms with Crippen LogP contribution in [0.3, 0.4) is 0 Å². The molecule has 1 heterocycles. The predicted molar refractivity (Wildman–Crippen MR) is 116 cm³/mol. The van der Waals surface area contributed by atoms with Crippen LogP contribution in [0.5, 0.6) is 5.75 Å². The van der Waals surface area contributed by atoms with Gasteiger partial charge in [0.2, 0.25) is 0 Å². The number of hydrogen-bond donors (Lipinski definition) is 1. The van der Waals surface area contributed by atoms with Gasteiger partial charge >= 0.3 is 0 Å². The molecule has 29 heavy (non-hydrogen) atoms. The number of aryl methyl sites for hydroxylation is 2. The standard InChI is InChI=1S/C24H30N4O/c1-15-17(14-26-28(15)3)13-25-27-23-9-8-22-21-6-4-16-12-18(29)5-7-19(16)20(21)10-11-24(22,23)2/h5,7,12-14,20-22,29H,4,6,8-11H2,1-3H3/b25-13-,27-23-/t20-,21+,22+,24+/m0/s1. The van der Waals surface area contributed by atoms with Gasteiger partial charge in [0.25, 0.3) is 0 Å². The van der Waals surface area contributed by atoms with E-state index in [0.717, 1.165) is 30.0 Å². The van der Waals surface area contributed by atoms with Gasteiger partial charge in [-0.3, -0.25) is 4.68 Å². The molecule has 1 aromatic heterocycles. The minimum absolute atomic E-state index is 0.177. The largest absolute Gasteiger partial charge is 0.508 e. The first-order chi connectivity index (χ1) is 14.0. The summed E-state index contributed by atoms with van der Waals surface area (Å²) < 4.78 is 1.86. The summed E-state index contributed by atoms with van der Waals surface area (Å²) in [5.74, 6) is 2.46. The van der Waals surface area contributed by atoms with Crippen LogP contribution in [0.4, 0.5) is 0 Å². The van der Waals surface area contributed by atoms with Crippen molar-refractivity contribution >= 4 is 11.9 Å². The second-order valence-electron chi connectivity index (χ2n) is 9.39. The van der Waals surface area contributed by atoms with Gasteiger partial charge in [-0.1, -0.05) is 13.0 Å². The third kappa shape index (κ3) is 2.93. The molecule has 1 aromatic carbocycles. The predicted octanol–water partition coefficient (Wildman–Crippen LogP) is 4.77. The van der Waals surface area contributed by atoms with Gasteiger partial charge in [0, 0.05) is 29.4 Å². The minimum atomic E-state index is 0.177. The van der Waals surface area contributed by atoms with Crippen LogP contribution in [0, 0.1) is 24.2 Å². The molecule has 5 heteroatoms. The van der Waals surface area contributed by atoms with Crippen LogP contribution in [0.25, 0.3) is 0 Å². The molecule has 0 radical (unpaired) electrons. The molecular weight excluding hydrogens is 360 g/mol. The van der Waals surface area contributed by atoms with Crippen molar-refractivity contribution in [1.29, 1.82) is 0 Å². The van der Waals surface area contributed by atoms with Crippen molar-refractivity contribution in [2.45, 2.75) is 58.3 Å². The van der Waals surface area contributed by atoms with Crippen molar-refractivity contribution in [3.63, 3.8) is 0 Å². The maximum Gasteiger partial charge on any atom is 0.115 e. The number of phenolic OH excluding ortho intramolecular Hbond substituents is 1. The van der Waals surface area contributed by atoms with Crippen molar-refractivity contribution in [2.24, 2.45) is 34.5 Å². The van der Waals surface area contributed by atoms with Crippen LogP contribution >= 0.6 is 0 Å². The Bertz CT molecular complexity index is 1000. The molecule has 0 bridgehead atoms. The van der Waals surface area contributed by atoms with E-state index < -0.39 is 0 Å². The molecule has 3 aliphatic carbocycles. The third-order valence-corrected chi connectivity index (χ3v) is 8.10. The van der Waals surface area contributed by atoms with E-state index in [1.165, 1.54) is 42.5 Å². The zero-order valence-electron chi connectivity index (χ0n) is 17.6. The summed E-state index contributed by atoms with van der Waals surface area (Å²) in [6, 6.07) is 6.02. The number of hydrogen-bond acceptors (Lipinski definition) is 4. The highest BCUT2D eigenvalue weighted by molar-refractivity contribution is 5.93. The van der Waals surface area contributed by atoms with Gasteiger partial charge in [0.05, 0.1) is 12.4 Å². The second kappa shape index (κ2) is 6.82. The normalized spacial score (nSPS) is 32.4. The number of rotatable bonds is 2. The number of aromatic nitrogens is 2. The van der Waals surface area contributed by atoms with Crippen molar-refractivity contribution in [2.75, 3.05) is 0 Å². The third-order valence-electron chi connectivity index (χ3n) is 8.10. The molecule has 152 valence electrons. The summed E-state index contributed by atoms with van der Waals surface area (Å²) in [5, 5.41) is 23.3. The van der Waals surface area contributed by atoms with E-state index in [4.69, 9.17) is 5.10 Å². The van der Waals surface area contributed by atoms with Gasteiger partial charge in [-0.2, -0.15) is 15.3 Å². The summed E-state index contributed by atoms with van der Waals surface area (Å²) in [6.45, 7) is 4.48. The lowest BCUT2D eigenvalue weighted by atomic mass is 9.55. The Morgan fingerprint density at radius 3 is 2.90 bits per heavy atom. The second-order valence-corrected chi connectivity index (χ2v) is 9.39. The summed E-state index contributed by atoms with van der Waals surface area (Å²) in [5.41, 5.74) is 6.45. The van der Waals surface area contributed by atoms with Crippen molar-refractivity contribution in [3.8, 4) is 5.75 Å². The lowest BCUT2D eigenvalue weighted by Crippen LogP contribution is -2.42. The molecule has 5 rings (SSSR count). The highest BCUT2D eigenvalue weighted by Gasteiger charge is 2.53. The fourth-order valence-electron chi connectivity index (χ4n) is 6.32. The van der Waals surface area contributed by atoms with E-state index in [1.807, 2.05) is 36.3 Å². The molecule has 0 unspecified atom stereocenters. The Labute approximate surface area is 172 Å². The fraction of sp³-hybridized carbons (Fsp3) is 0.542. The van der Waals surface area contributed by atoms with Crippen molar-refractivity contribution < 1.29 is 5.11 Å². The zero-order valence-corrected chi connectivity index (χ0v) is 17.6. The summed E-state index contributed by atoms with van der Waals surface area (Å²) >= 11 is 0. The molecule has 2 aromatic rings. The Balaban J connectivity index is 1.39. The molecule has 1 N–H and O–H groups in total. The van der Waals surface area contributed by atoms with Crippen molar-refractivity contribution in [1.82, 2.24) is 9.78 Å². The minimum Gasteiger partial charge on any atom is -0.508 e. The van der Waals surface area contributed by atoms with Gasteiger partial charge in [-0.05, 0) is 86.5 Å². The monoisotopic (exact) mass is 390 g/mol. The van der Waals surface area contributed by atoms with Crippen LogP contribution in [-0.4, -0.2) is 26.8 Å². The number of aromatic hydroxyl groups is 1. The van der Waals surface area contributed by atoms with E-state index in [2.05, 4.69) is 30.1 Å². The van der Waals surface area contributed by atoms with Crippen LogP contribution in [0.1, 0.15) is 67.3 Å². The van der Waals surface area contributed by atoms with Gasteiger partial charge in [-0.15, -0.1) is 0 Å². The van der Waals surface area contributed by atoms with E-state index in [-0.39, 0.29) is 5.41 Å². The van der Waals surface area contributed by atoms with E-state index in [9.17, 15) is 5.11 Å². The number of phenols is 1. The van der Waals surface area contributed by atoms with E-state index >= 15 is 0 Å². The van der Waals surface area contributed by atoms with Gasteiger partial charge in [0.1, 0.15) is 5.75 Å². The zero-order chi connectivity index (χ0) is 20.2. The van der Waals surface area contributed by atoms with Gasteiger partial charge in [0.15, 0.2) is 0 Å². The molecule has 0 spiro atoms. The molecule has 5 nitrogen and oxygen atoms in total. The number of fused-ring (bicyclic) bond motifs is 5. The topological polar surface area (TPSA) is 62.8 Å². The average molecular weight is 391 g/mol. The first kappa shape index (κ1) is 18.6. The number of nitrogens with zero attached hydrogens (tertiary/aromatic N) is 4. The first-order valence-electron chi connectivity index (χ1n) is 10.9. The quantitative estimate of drug-likeness (QED) is 0.593. The fourth-order valence-corrected chi connectivity index (χ4v) is 6.32. The molecular formula is C24H30N4O. The number of benzene rings is 1. The maximum atomic E-state index is 9.86. The SMILES string of the molecule is Cc1c(/C=N\N=C2\CC[C@@H]3[C@@H]4CCc5cc(O)ccc5[C@@H]4CC[C@@]23C)cnn1C. The lowest BCUT2D eigenvalue weighted by Gasteiger charge is -2.49. The van der Waals surface area contributed by atoms with Gasteiger partial charge in [-0.25, -0.2) is 0 Å². The highest BCUT2D eigenvalue weighted by atomic mass is 16.3. The van der Waals surface area contributed by atoms with Crippen molar-refractivity contribution in [3.05, 3.63) is 46.8 Å². The molecule has 4 atom stereocenters. The molecule has 2 saturated carbocycles. The summed E-state index contributed by atoms with van der Waals surface area (Å²) in [6.07, 6.45) is 10.7. The Morgan fingerprint density at radius 1 is 1.24 bits per heavy atom. The van der Waals surface area contributed by atoms with E-state index in [1.54, 1.807) is 0 Å². The molecule has 0 aliphatic heterocycles. The van der Waals surface area contributed by atoms with Crippen LogP contribution < -0.4 is 0 Å². The molecule has 0 amide bonds. The lowest BCUT2D eigenvalue weighted by molar-refractivity contribution is 0.0955. The summed E-state index contributed by atoms with van der Waals surface area (Å²) in [7, 11) is 1.95. The maximum absolute atomic E-state index is 9.86. The molecule has 2 fully saturated rings. The van der Waals surface area contributed by atoms with E-state index in [0.29, 0.717) is 17.6 Å². The smallest absolute Gasteiger partial charge is 0.115 e. The molecule has 0 saturated heterocycles. The van der Waals surface area contributed by atoms with Crippen LogP contribution in [0.2, 0.25) is 0 Å². The average Bonchev–Trinajstić information content (AvgIpc) is 3.21. The Kier molecular flexibility index (Phi) is 4.37. The highest BCUT2D eigenvalue weighted by Crippen LogP contribution is 2.60. The Hall–Kier alpha value is -2.43. The summed E-state index contributed by atoms with van der Waals surface area (Å²) in [4.78, 5) is 0.